The van der Waals surface area contributed by atoms with Gasteiger partial charge in [-0.3, -0.25) is 0 Å². The first-order valence-corrected chi connectivity index (χ1v) is 16.4. The minimum atomic E-state index is 0.847. The average molecular weight is 611 g/mol. The van der Waals surface area contributed by atoms with E-state index in [1.54, 1.807) is 0 Å². The summed E-state index contributed by atoms with van der Waals surface area (Å²) >= 11 is 0. The second kappa shape index (κ2) is 9.57. The molecule has 0 radical (unpaired) electrons. The van der Waals surface area contributed by atoms with Gasteiger partial charge in [0, 0.05) is 32.5 Å². The van der Waals surface area contributed by atoms with Crippen LogP contribution in [-0.4, -0.2) is 0 Å². The van der Waals surface area contributed by atoms with Crippen molar-refractivity contribution in [2.24, 2.45) is 0 Å². The lowest BCUT2D eigenvalue weighted by Gasteiger charge is -2.19. The molecule has 0 saturated carbocycles. The summed E-state index contributed by atoms with van der Waals surface area (Å²) in [6.07, 6.45) is 0. The van der Waals surface area contributed by atoms with Gasteiger partial charge in [-0.15, -0.1) is 0 Å². The van der Waals surface area contributed by atoms with Crippen LogP contribution in [0.25, 0.3) is 109 Å². The molecule has 9 aromatic carbocycles. The lowest BCUT2D eigenvalue weighted by atomic mass is 9.84. The zero-order chi connectivity index (χ0) is 31.3. The number of fused-ring (bicyclic) bond motifs is 11. The van der Waals surface area contributed by atoms with Crippen molar-refractivity contribution in [1.82, 2.24) is 0 Å². The zero-order valence-electron chi connectivity index (χ0n) is 25.8. The highest BCUT2D eigenvalue weighted by Gasteiger charge is 2.26. The van der Waals surface area contributed by atoms with Crippen LogP contribution in [0.15, 0.2) is 167 Å². The van der Waals surface area contributed by atoms with Crippen molar-refractivity contribution >= 4 is 87.0 Å². The molecule has 0 spiro atoms. The molecule has 2 heteroatoms. The molecule has 0 fully saturated rings. The molecule has 0 saturated heterocycles. The predicted molar refractivity (Wildman–Crippen MR) is 202 cm³/mol. The second-order valence-corrected chi connectivity index (χ2v) is 12.7. The van der Waals surface area contributed by atoms with Crippen LogP contribution in [0.4, 0.5) is 0 Å². The normalized spacial score (nSPS) is 12.2. The fraction of sp³-hybridized carbons (Fsp3) is 0. The number of para-hydroxylation sites is 1. The fourth-order valence-corrected chi connectivity index (χ4v) is 8.17. The Morgan fingerprint density at radius 1 is 0.271 bits per heavy atom. The summed E-state index contributed by atoms with van der Waals surface area (Å²) in [4.78, 5) is 0. The summed E-state index contributed by atoms with van der Waals surface area (Å²) in [6, 6.07) is 56.5. The third kappa shape index (κ3) is 3.41. The van der Waals surface area contributed by atoms with E-state index in [0.29, 0.717) is 0 Å². The van der Waals surface area contributed by atoms with Gasteiger partial charge in [-0.25, -0.2) is 0 Å². The van der Waals surface area contributed by atoms with Gasteiger partial charge in [0.05, 0.1) is 5.56 Å². The highest BCUT2D eigenvalue weighted by Crippen LogP contribution is 2.51. The Morgan fingerprint density at radius 2 is 0.792 bits per heavy atom. The van der Waals surface area contributed by atoms with E-state index < -0.39 is 0 Å². The van der Waals surface area contributed by atoms with Crippen molar-refractivity contribution in [3.05, 3.63) is 158 Å². The molecule has 0 unspecified atom stereocenters. The molecule has 2 heterocycles. The molecule has 2 aromatic heterocycles. The van der Waals surface area contributed by atoms with Crippen LogP contribution >= 0.6 is 0 Å². The Morgan fingerprint density at radius 3 is 1.52 bits per heavy atom. The van der Waals surface area contributed by atoms with Crippen molar-refractivity contribution in [1.29, 1.82) is 0 Å². The van der Waals surface area contributed by atoms with Crippen molar-refractivity contribution in [3.63, 3.8) is 0 Å². The minimum Gasteiger partial charge on any atom is -0.455 e. The molecule has 48 heavy (non-hydrogen) atoms. The van der Waals surface area contributed by atoms with E-state index in [1.165, 1.54) is 43.4 Å². The Bertz CT molecular complexity index is 3060. The van der Waals surface area contributed by atoms with Gasteiger partial charge < -0.3 is 8.83 Å². The summed E-state index contributed by atoms with van der Waals surface area (Å²) in [5.41, 5.74) is 8.07. The first-order chi connectivity index (χ1) is 23.8. The first kappa shape index (κ1) is 25.8. The van der Waals surface area contributed by atoms with E-state index in [1.807, 2.05) is 6.07 Å². The molecule has 222 valence electrons. The minimum absolute atomic E-state index is 0.847. The molecule has 2 nitrogen and oxygen atoms in total. The Balaban J connectivity index is 1.38. The maximum absolute atomic E-state index is 7.07. The predicted octanol–water partition coefficient (Wildman–Crippen LogP) is 13.4. The van der Waals surface area contributed by atoms with Gasteiger partial charge >= 0.3 is 0 Å². The van der Waals surface area contributed by atoms with Crippen LogP contribution in [0, 0.1) is 0 Å². The van der Waals surface area contributed by atoms with E-state index in [0.717, 1.165) is 65.8 Å². The molecule has 0 atom stereocenters. The molecular formula is C46H26O2. The number of rotatable bonds is 2. The third-order valence-electron chi connectivity index (χ3n) is 10.2. The van der Waals surface area contributed by atoms with Gasteiger partial charge in [0.1, 0.15) is 22.3 Å². The van der Waals surface area contributed by atoms with Crippen LogP contribution in [0.3, 0.4) is 0 Å². The van der Waals surface area contributed by atoms with Crippen molar-refractivity contribution < 1.29 is 8.83 Å². The van der Waals surface area contributed by atoms with E-state index >= 15 is 0 Å². The zero-order valence-corrected chi connectivity index (χ0v) is 25.8. The fourth-order valence-electron chi connectivity index (χ4n) is 8.17. The van der Waals surface area contributed by atoms with Gasteiger partial charge in [-0.05, 0) is 67.0 Å². The summed E-state index contributed by atoms with van der Waals surface area (Å²) in [6.45, 7) is 0. The highest BCUT2D eigenvalue weighted by atomic mass is 16.3. The number of hydrogen-bond donors (Lipinski definition) is 0. The van der Waals surface area contributed by atoms with Gasteiger partial charge in [-0.1, -0.05) is 140 Å². The van der Waals surface area contributed by atoms with E-state index in [2.05, 4.69) is 152 Å². The van der Waals surface area contributed by atoms with Crippen LogP contribution in [-0.2, 0) is 0 Å². The largest absolute Gasteiger partial charge is 0.455 e. The quantitative estimate of drug-likeness (QED) is 0.182. The summed E-state index contributed by atoms with van der Waals surface area (Å²) < 4.78 is 13.9. The molecule has 0 aliphatic carbocycles. The SMILES string of the molecule is c1ccc2c(-c3c4ccccc4c(-c4c5oc6ccccc6c5cc5c4oc4c6ccccc6ccc54)c4ccccc34)cccc2c1. The van der Waals surface area contributed by atoms with Crippen molar-refractivity contribution in [2.75, 3.05) is 0 Å². The van der Waals surface area contributed by atoms with Crippen molar-refractivity contribution in [2.45, 2.75) is 0 Å². The highest BCUT2D eigenvalue weighted by molar-refractivity contribution is 6.31. The van der Waals surface area contributed by atoms with E-state index in [-0.39, 0.29) is 0 Å². The Labute approximate surface area is 275 Å². The lowest BCUT2D eigenvalue weighted by Crippen LogP contribution is -1.92. The standard InChI is InChI=1S/C46H26O2/c1-3-15-29-27(12-1)14-11-22-32(29)41-33-18-5-7-20-35(33)42(36-21-8-6-19-34(36)41)43-45-38(31-17-9-10-23-40(31)47-45)26-39-37-25-24-28-13-2-4-16-30(28)44(37)48-46(39)43/h1-26H. The van der Waals surface area contributed by atoms with Crippen LogP contribution < -0.4 is 0 Å². The molecule has 0 aliphatic heterocycles. The summed E-state index contributed by atoms with van der Waals surface area (Å²) in [5, 5.41) is 13.9. The molecule has 0 N–H and O–H groups in total. The smallest absolute Gasteiger partial charge is 0.147 e. The van der Waals surface area contributed by atoms with Crippen LogP contribution in [0.2, 0.25) is 0 Å². The van der Waals surface area contributed by atoms with E-state index in [4.69, 9.17) is 8.83 Å². The average Bonchev–Trinajstić information content (AvgIpc) is 3.71. The summed E-state index contributed by atoms with van der Waals surface area (Å²) in [5.74, 6) is 0. The molecule has 0 aliphatic rings. The Hall–Kier alpha value is -6.38. The maximum atomic E-state index is 7.07. The lowest BCUT2D eigenvalue weighted by molar-refractivity contribution is 0.660. The van der Waals surface area contributed by atoms with Gasteiger partial charge in [0.2, 0.25) is 0 Å². The Kier molecular flexibility index (Phi) is 5.14. The molecule has 0 amide bonds. The second-order valence-electron chi connectivity index (χ2n) is 12.7. The van der Waals surface area contributed by atoms with Crippen molar-refractivity contribution in [3.8, 4) is 22.3 Å². The van der Waals surface area contributed by atoms with Crippen LogP contribution in [0.5, 0.6) is 0 Å². The van der Waals surface area contributed by atoms with Crippen LogP contribution in [0.1, 0.15) is 0 Å². The molecule has 11 aromatic rings. The monoisotopic (exact) mass is 610 g/mol. The first-order valence-electron chi connectivity index (χ1n) is 16.4. The molecular weight excluding hydrogens is 585 g/mol. The maximum Gasteiger partial charge on any atom is 0.147 e. The molecule has 0 bridgehead atoms. The molecule has 11 rings (SSSR count). The number of benzene rings is 9. The number of furan rings is 2. The third-order valence-corrected chi connectivity index (χ3v) is 10.2. The summed E-state index contributed by atoms with van der Waals surface area (Å²) in [7, 11) is 0. The van der Waals surface area contributed by atoms with Gasteiger partial charge in [0.25, 0.3) is 0 Å². The van der Waals surface area contributed by atoms with Gasteiger partial charge in [0.15, 0.2) is 0 Å². The topological polar surface area (TPSA) is 26.3 Å². The number of hydrogen-bond acceptors (Lipinski definition) is 2. The van der Waals surface area contributed by atoms with E-state index in [9.17, 15) is 0 Å². The van der Waals surface area contributed by atoms with Gasteiger partial charge in [-0.2, -0.15) is 0 Å².